The Morgan fingerprint density at radius 2 is 1.52 bits per heavy atom. The molecule has 0 atom stereocenters. The van der Waals surface area contributed by atoms with Crippen LogP contribution in [0.4, 0.5) is 0 Å². The fourth-order valence-electron chi connectivity index (χ4n) is 4.04. The molecule has 0 heterocycles. The molecule has 0 aliphatic heterocycles. The monoisotopic (exact) mass is 452 g/mol. The van der Waals surface area contributed by atoms with Crippen LogP contribution >= 0.6 is 0 Å². The standard InChI is InChI=1S/C27H32O6/c1-2-8-21-25(13-12-22(26(21)30)27(31)32)33-14-7-5-3-4-6-9-18-10-11-19-16-23(28)24(29)17-20(19)15-18/h10-13,15-17,28-30H,2-9,14H2,1H3,(H,31,32). The van der Waals surface area contributed by atoms with Crippen LogP contribution in [0.1, 0.15) is 66.9 Å². The summed E-state index contributed by atoms with van der Waals surface area (Å²) in [6, 6.07) is 12.3. The van der Waals surface area contributed by atoms with Crippen LogP contribution in [0.3, 0.4) is 0 Å². The molecule has 3 aromatic carbocycles. The first kappa shape index (κ1) is 24.2. The predicted octanol–water partition coefficient (Wildman–Crippen LogP) is 6.18. The molecule has 0 unspecified atom stereocenters. The number of rotatable bonds is 12. The summed E-state index contributed by atoms with van der Waals surface area (Å²) in [4.78, 5) is 11.2. The van der Waals surface area contributed by atoms with E-state index in [1.807, 2.05) is 13.0 Å². The van der Waals surface area contributed by atoms with E-state index in [1.165, 1.54) is 11.6 Å². The number of benzene rings is 3. The summed E-state index contributed by atoms with van der Waals surface area (Å²) in [7, 11) is 0. The first-order valence-corrected chi connectivity index (χ1v) is 11.6. The van der Waals surface area contributed by atoms with Gasteiger partial charge in [0.15, 0.2) is 11.5 Å². The number of carboxylic acids is 1. The molecule has 0 saturated carbocycles. The van der Waals surface area contributed by atoms with Crippen LogP contribution in [0.2, 0.25) is 0 Å². The molecule has 3 aromatic rings. The minimum atomic E-state index is -1.14. The highest BCUT2D eigenvalue weighted by molar-refractivity contribution is 5.91. The Balaban J connectivity index is 1.39. The number of hydrogen-bond acceptors (Lipinski definition) is 5. The zero-order valence-electron chi connectivity index (χ0n) is 19.0. The maximum atomic E-state index is 11.2. The lowest BCUT2D eigenvalue weighted by Gasteiger charge is -2.14. The number of fused-ring (bicyclic) bond motifs is 1. The molecule has 0 bridgehead atoms. The quantitative estimate of drug-likeness (QED) is 0.193. The van der Waals surface area contributed by atoms with Crippen molar-refractivity contribution in [2.24, 2.45) is 0 Å². The van der Waals surface area contributed by atoms with E-state index < -0.39 is 5.97 Å². The van der Waals surface area contributed by atoms with Gasteiger partial charge in [0.05, 0.1) is 6.61 Å². The number of unbranched alkanes of at least 4 members (excludes halogenated alkanes) is 4. The number of carboxylic acid groups (broad SMARTS) is 1. The Hall–Kier alpha value is -3.41. The zero-order chi connectivity index (χ0) is 23.8. The Bertz CT molecular complexity index is 1110. The van der Waals surface area contributed by atoms with Crippen molar-refractivity contribution in [2.45, 2.75) is 58.3 Å². The minimum Gasteiger partial charge on any atom is -0.507 e. The second-order valence-corrected chi connectivity index (χ2v) is 8.38. The van der Waals surface area contributed by atoms with Gasteiger partial charge in [-0.3, -0.25) is 0 Å². The molecule has 4 N–H and O–H groups in total. The minimum absolute atomic E-state index is 0.0906. The van der Waals surface area contributed by atoms with Crippen molar-refractivity contribution in [1.29, 1.82) is 0 Å². The average Bonchev–Trinajstić information content (AvgIpc) is 2.78. The smallest absolute Gasteiger partial charge is 0.339 e. The van der Waals surface area contributed by atoms with E-state index in [1.54, 1.807) is 18.2 Å². The molecule has 0 aromatic heterocycles. The number of phenolic OH excluding ortho intramolecular Hbond substituents is 2. The van der Waals surface area contributed by atoms with Gasteiger partial charge in [0, 0.05) is 5.56 Å². The number of aromatic hydroxyl groups is 3. The molecule has 0 saturated heterocycles. The number of aryl methyl sites for hydroxylation is 1. The molecule has 0 spiro atoms. The van der Waals surface area contributed by atoms with E-state index in [0.717, 1.165) is 55.7 Å². The number of phenols is 3. The van der Waals surface area contributed by atoms with Crippen LogP contribution in [-0.2, 0) is 12.8 Å². The van der Waals surface area contributed by atoms with Gasteiger partial charge in [-0.1, -0.05) is 50.8 Å². The molecule has 0 fully saturated rings. The molecule has 0 aliphatic rings. The summed E-state index contributed by atoms with van der Waals surface area (Å²) in [5.74, 6) is -0.971. The molecule has 0 aliphatic carbocycles. The number of aromatic carboxylic acids is 1. The van der Waals surface area contributed by atoms with E-state index in [-0.39, 0.29) is 22.8 Å². The van der Waals surface area contributed by atoms with Crippen LogP contribution in [0.25, 0.3) is 10.8 Å². The molecular formula is C27H32O6. The molecular weight excluding hydrogens is 420 g/mol. The van der Waals surface area contributed by atoms with E-state index in [0.29, 0.717) is 24.3 Å². The van der Waals surface area contributed by atoms with E-state index in [4.69, 9.17) is 4.74 Å². The average molecular weight is 453 g/mol. The van der Waals surface area contributed by atoms with Crippen molar-refractivity contribution in [3.05, 3.63) is 59.2 Å². The SMILES string of the molecule is CCCc1c(OCCCCCCCc2ccc3cc(O)c(O)cc3c2)ccc(C(=O)O)c1O. The molecule has 3 rings (SSSR count). The van der Waals surface area contributed by atoms with E-state index in [2.05, 4.69) is 12.1 Å². The summed E-state index contributed by atoms with van der Waals surface area (Å²) in [5, 5.41) is 40.6. The zero-order valence-corrected chi connectivity index (χ0v) is 19.0. The highest BCUT2D eigenvalue weighted by atomic mass is 16.5. The van der Waals surface area contributed by atoms with Gasteiger partial charge in [-0.25, -0.2) is 4.79 Å². The third-order valence-corrected chi connectivity index (χ3v) is 5.84. The van der Waals surface area contributed by atoms with E-state index in [9.17, 15) is 25.2 Å². The van der Waals surface area contributed by atoms with Crippen molar-refractivity contribution in [3.63, 3.8) is 0 Å². The Morgan fingerprint density at radius 1 is 0.818 bits per heavy atom. The summed E-state index contributed by atoms with van der Waals surface area (Å²) in [6.45, 7) is 2.51. The van der Waals surface area contributed by atoms with Gasteiger partial charge in [-0.15, -0.1) is 0 Å². The summed E-state index contributed by atoms with van der Waals surface area (Å²) in [5.41, 5.74) is 1.69. The topological polar surface area (TPSA) is 107 Å². The predicted molar refractivity (Wildman–Crippen MR) is 129 cm³/mol. The van der Waals surface area contributed by atoms with Crippen LogP contribution in [0, 0.1) is 0 Å². The van der Waals surface area contributed by atoms with Crippen molar-refractivity contribution in [2.75, 3.05) is 6.61 Å². The third kappa shape index (κ3) is 6.31. The van der Waals surface area contributed by atoms with Crippen molar-refractivity contribution >= 4 is 16.7 Å². The summed E-state index contributed by atoms with van der Waals surface area (Å²) in [6.07, 6.45) is 7.51. The maximum absolute atomic E-state index is 11.2. The second kappa shape index (κ2) is 11.5. The third-order valence-electron chi connectivity index (χ3n) is 5.84. The Kier molecular flexibility index (Phi) is 8.41. The number of carbonyl (C=O) groups is 1. The first-order valence-electron chi connectivity index (χ1n) is 11.6. The van der Waals surface area contributed by atoms with E-state index >= 15 is 0 Å². The summed E-state index contributed by atoms with van der Waals surface area (Å²) < 4.78 is 5.85. The van der Waals surface area contributed by atoms with Gasteiger partial charge in [-0.2, -0.15) is 0 Å². The summed E-state index contributed by atoms with van der Waals surface area (Å²) >= 11 is 0. The largest absolute Gasteiger partial charge is 0.507 e. The van der Waals surface area contributed by atoms with Gasteiger partial charge >= 0.3 is 5.97 Å². The van der Waals surface area contributed by atoms with Crippen LogP contribution < -0.4 is 4.74 Å². The second-order valence-electron chi connectivity index (χ2n) is 8.38. The van der Waals surface area contributed by atoms with Crippen molar-refractivity contribution in [3.8, 4) is 23.0 Å². The lowest BCUT2D eigenvalue weighted by molar-refractivity contribution is 0.0693. The lowest BCUT2D eigenvalue weighted by atomic mass is 10.0. The molecule has 6 heteroatoms. The van der Waals surface area contributed by atoms with Gasteiger partial charge in [0.2, 0.25) is 0 Å². The number of hydrogen-bond donors (Lipinski definition) is 4. The van der Waals surface area contributed by atoms with Gasteiger partial charge in [0.25, 0.3) is 0 Å². The van der Waals surface area contributed by atoms with Crippen LogP contribution in [0.15, 0.2) is 42.5 Å². The lowest BCUT2D eigenvalue weighted by Crippen LogP contribution is -2.04. The number of ether oxygens (including phenoxy) is 1. The maximum Gasteiger partial charge on any atom is 0.339 e. The van der Waals surface area contributed by atoms with Gasteiger partial charge in [0.1, 0.15) is 17.1 Å². The van der Waals surface area contributed by atoms with Crippen molar-refractivity contribution < 1.29 is 30.0 Å². The Labute approximate surface area is 194 Å². The fourth-order valence-corrected chi connectivity index (χ4v) is 4.04. The molecule has 0 radical (unpaired) electrons. The molecule has 0 amide bonds. The molecule has 33 heavy (non-hydrogen) atoms. The fraction of sp³-hybridized carbons (Fsp3) is 0.370. The van der Waals surface area contributed by atoms with Crippen LogP contribution in [-0.4, -0.2) is 33.0 Å². The van der Waals surface area contributed by atoms with Gasteiger partial charge in [-0.05, 0) is 66.3 Å². The molecule has 176 valence electrons. The highest BCUT2D eigenvalue weighted by Gasteiger charge is 2.17. The normalized spacial score (nSPS) is 11.1. The van der Waals surface area contributed by atoms with Crippen LogP contribution in [0.5, 0.6) is 23.0 Å². The molecule has 6 nitrogen and oxygen atoms in total. The Morgan fingerprint density at radius 3 is 2.24 bits per heavy atom. The van der Waals surface area contributed by atoms with Crippen molar-refractivity contribution in [1.82, 2.24) is 0 Å². The van der Waals surface area contributed by atoms with Gasteiger partial charge < -0.3 is 25.2 Å². The first-order chi connectivity index (χ1) is 15.9. The highest BCUT2D eigenvalue weighted by Crippen LogP contribution is 2.33.